The van der Waals surface area contributed by atoms with Gasteiger partial charge in [-0.3, -0.25) is 4.98 Å². The molecule has 1 unspecified atom stereocenters. The molecule has 1 aromatic rings. The molecular formula is C16H29N3. The van der Waals surface area contributed by atoms with Crippen LogP contribution in [0, 0.1) is 5.92 Å². The second-order valence-corrected chi connectivity index (χ2v) is 5.59. The van der Waals surface area contributed by atoms with Crippen molar-refractivity contribution >= 4 is 5.69 Å². The topological polar surface area (TPSA) is 28.2 Å². The highest BCUT2D eigenvalue weighted by Crippen LogP contribution is 2.21. The van der Waals surface area contributed by atoms with Crippen molar-refractivity contribution < 1.29 is 0 Å². The number of anilines is 1. The minimum atomic E-state index is 0.505. The lowest BCUT2D eigenvalue weighted by molar-refractivity contribution is 0.544. The zero-order valence-corrected chi connectivity index (χ0v) is 13.1. The molecule has 0 bridgehead atoms. The van der Waals surface area contributed by atoms with Gasteiger partial charge in [-0.25, -0.2) is 0 Å². The molecule has 1 aromatic heterocycles. The third kappa shape index (κ3) is 5.19. The van der Waals surface area contributed by atoms with E-state index in [1.165, 1.54) is 17.7 Å². The SMILES string of the molecule is CCC(C)CN(CC)c1cnccc1CNC(C)C. The summed E-state index contributed by atoms with van der Waals surface area (Å²) in [5.74, 6) is 0.714. The molecule has 0 radical (unpaired) electrons. The van der Waals surface area contributed by atoms with Crippen molar-refractivity contribution in [1.82, 2.24) is 10.3 Å². The molecule has 0 saturated carbocycles. The van der Waals surface area contributed by atoms with Gasteiger partial charge in [0.05, 0.1) is 11.9 Å². The molecule has 0 saturated heterocycles. The predicted octanol–water partition coefficient (Wildman–Crippen LogP) is 3.45. The van der Waals surface area contributed by atoms with Crippen LogP contribution in [0.4, 0.5) is 5.69 Å². The van der Waals surface area contributed by atoms with E-state index in [4.69, 9.17) is 0 Å². The van der Waals surface area contributed by atoms with E-state index in [1.807, 2.05) is 12.4 Å². The normalized spacial score (nSPS) is 12.7. The lowest BCUT2D eigenvalue weighted by Crippen LogP contribution is -2.30. The number of nitrogens with zero attached hydrogens (tertiary/aromatic N) is 2. The molecule has 0 spiro atoms. The summed E-state index contributed by atoms with van der Waals surface area (Å²) in [5.41, 5.74) is 2.62. The van der Waals surface area contributed by atoms with Gasteiger partial charge in [0.25, 0.3) is 0 Å². The van der Waals surface area contributed by atoms with Crippen LogP contribution in [-0.2, 0) is 6.54 Å². The third-order valence-electron chi connectivity index (χ3n) is 3.54. The molecule has 3 nitrogen and oxygen atoms in total. The van der Waals surface area contributed by atoms with Gasteiger partial charge >= 0.3 is 0 Å². The van der Waals surface area contributed by atoms with Gasteiger partial charge in [0, 0.05) is 31.9 Å². The molecule has 1 heterocycles. The van der Waals surface area contributed by atoms with Crippen LogP contribution in [0.3, 0.4) is 0 Å². The molecule has 1 N–H and O–H groups in total. The average molecular weight is 263 g/mol. The summed E-state index contributed by atoms with van der Waals surface area (Å²) >= 11 is 0. The van der Waals surface area contributed by atoms with Crippen LogP contribution in [-0.4, -0.2) is 24.1 Å². The van der Waals surface area contributed by atoms with Gasteiger partial charge in [0.2, 0.25) is 0 Å². The van der Waals surface area contributed by atoms with Crippen molar-refractivity contribution in [3.8, 4) is 0 Å². The smallest absolute Gasteiger partial charge is 0.0598 e. The Morgan fingerprint density at radius 1 is 1.26 bits per heavy atom. The maximum absolute atomic E-state index is 4.30. The molecule has 19 heavy (non-hydrogen) atoms. The summed E-state index contributed by atoms with van der Waals surface area (Å²) in [7, 11) is 0. The molecule has 1 atom stereocenters. The van der Waals surface area contributed by atoms with Crippen molar-refractivity contribution in [2.45, 2.75) is 53.6 Å². The third-order valence-corrected chi connectivity index (χ3v) is 3.54. The minimum absolute atomic E-state index is 0.505. The maximum atomic E-state index is 4.30. The van der Waals surface area contributed by atoms with Crippen LogP contribution < -0.4 is 10.2 Å². The summed E-state index contributed by atoms with van der Waals surface area (Å²) < 4.78 is 0. The average Bonchev–Trinajstić information content (AvgIpc) is 2.42. The second kappa shape index (κ2) is 8.16. The van der Waals surface area contributed by atoms with Crippen LogP contribution in [0.2, 0.25) is 0 Å². The van der Waals surface area contributed by atoms with E-state index < -0.39 is 0 Å². The van der Waals surface area contributed by atoms with Crippen LogP contribution in [0.1, 0.15) is 46.6 Å². The van der Waals surface area contributed by atoms with E-state index in [0.717, 1.165) is 19.6 Å². The first kappa shape index (κ1) is 16.0. The molecule has 0 aliphatic heterocycles. The Hall–Kier alpha value is -1.09. The first-order chi connectivity index (χ1) is 9.08. The highest BCUT2D eigenvalue weighted by Gasteiger charge is 2.12. The Morgan fingerprint density at radius 2 is 2.00 bits per heavy atom. The fraction of sp³-hybridized carbons (Fsp3) is 0.688. The number of rotatable bonds is 8. The standard InChI is InChI=1S/C16H29N3/c1-6-14(5)12-19(7-2)16-11-17-9-8-15(16)10-18-13(3)4/h8-9,11,13-14,18H,6-7,10,12H2,1-5H3. The lowest BCUT2D eigenvalue weighted by Gasteiger charge is -2.28. The number of hydrogen-bond acceptors (Lipinski definition) is 3. The van der Waals surface area contributed by atoms with Crippen molar-refractivity contribution in [3.63, 3.8) is 0 Å². The van der Waals surface area contributed by atoms with Gasteiger partial charge in [-0.05, 0) is 24.5 Å². The van der Waals surface area contributed by atoms with Gasteiger partial charge in [0.1, 0.15) is 0 Å². The molecule has 0 aromatic carbocycles. The monoisotopic (exact) mass is 263 g/mol. The largest absolute Gasteiger partial charge is 0.370 e. The van der Waals surface area contributed by atoms with Crippen LogP contribution in [0.15, 0.2) is 18.5 Å². The Labute approximate surface area is 118 Å². The van der Waals surface area contributed by atoms with Gasteiger partial charge < -0.3 is 10.2 Å². The molecule has 108 valence electrons. The molecule has 1 rings (SSSR count). The Balaban J connectivity index is 2.83. The second-order valence-electron chi connectivity index (χ2n) is 5.59. The van der Waals surface area contributed by atoms with E-state index in [1.54, 1.807) is 0 Å². The first-order valence-electron chi connectivity index (χ1n) is 7.49. The van der Waals surface area contributed by atoms with Crippen LogP contribution in [0.25, 0.3) is 0 Å². The first-order valence-corrected chi connectivity index (χ1v) is 7.49. The molecule has 0 fully saturated rings. The molecule has 3 heteroatoms. The summed E-state index contributed by atoms with van der Waals surface area (Å²) in [4.78, 5) is 6.75. The van der Waals surface area contributed by atoms with Crippen LogP contribution >= 0.6 is 0 Å². The molecular weight excluding hydrogens is 234 g/mol. The Morgan fingerprint density at radius 3 is 2.58 bits per heavy atom. The quantitative estimate of drug-likeness (QED) is 0.778. The van der Waals surface area contributed by atoms with E-state index in [0.29, 0.717) is 12.0 Å². The Bertz CT molecular complexity index is 363. The highest BCUT2D eigenvalue weighted by molar-refractivity contribution is 5.51. The van der Waals surface area contributed by atoms with E-state index in [-0.39, 0.29) is 0 Å². The van der Waals surface area contributed by atoms with Gasteiger partial charge in [-0.15, -0.1) is 0 Å². The zero-order chi connectivity index (χ0) is 14.3. The summed E-state index contributed by atoms with van der Waals surface area (Å²) in [6.45, 7) is 14.2. The number of pyridine rings is 1. The van der Waals surface area contributed by atoms with E-state index >= 15 is 0 Å². The molecule has 0 aliphatic carbocycles. The molecule has 0 amide bonds. The molecule has 0 aliphatic rings. The van der Waals surface area contributed by atoms with Crippen molar-refractivity contribution in [1.29, 1.82) is 0 Å². The summed E-state index contributed by atoms with van der Waals surface area (Å²) in [6.07, 6.45) is 5.11. The zero-order valence-electron chi connectivity index (χ0n) is 13.1. The summed E-state index contributed by atoms with van der Waals surface area (Å²) in [6, 6.07) is 2.63. The van der Waals surface area contributed by atoms with Crippen molar-refractivity contribution in [2.75, 3.05) is 18.0 Å². The van der Waals surface area contributed by atoms with E-state index in [9.17, 15) is 0 Å². The highest BCUT2D eigenvalue weighted by atomic mass is 15.1. The fourth-order valence-electron chi connectivity index (χ4n) is 2.07. The minimum Gasteiger partial charge on any atom is -0.370 e. The fourth-order valence-corrected chi connectivity index (χ4v) is 2.07. The Kier molecular flexibility index (Phi) is 6.85. The summed E-state index contributed by atoms with van der Waals surface area (Å²) in [5, 5.41) is 3.49. The number of nitrogens with one attached hydrogen (secondary N) is 1. The predicted molar refractivity (Wildman–Crippen MR) is 83.6 cm³/mol. The maximum Gasteiger partial charge on any atom is 0.0598 e. The lowest BCUT2D eigenvalue weighted by atomic mass is 10.1. The number of hydrogen-bond donors (Lipinski definition) is 1. The van der Waals surface area contributed by atoms with Crippen molar-refractivity contribution in [3.05, 3.63) is 24.0 Å². The van der Waals surface area contributed by atoms with Crippen LogP contribution in [0.5, 0.6) is 0 Å². The number of aromatic nitrogens is 1. The van der Waals surface area contributed by atoms with Crippen molar-refractivity contribution in [2.24, 2.45) is 5.92 Å². The van der Waals surface area contributed by atoms with Gasteiger partial charge in [-0.1, -0.05) is 34.1 Å². The van der Waals surface area contributed by atoms with Gasteiger partial charge in [0.15, 0.2) is 0 Å². The van der Waals surface area contributed by atoms with E-state index in [2.05, 4.69) is 55.9 Å². The van der Waals surface area contributed by atoms with Gasteiger partial charge in [-0.2, -0.15) is 0 Å².